The lowest BCUT2D eigenvalue weighted by atomic mass is 9.97. The molecule has 0 saturated carbocycles. The van der Waals surface area contributed by atoms with Gasteiger partial charge in [0.25, 0.3) is 0 Å². The summed E-state index contributed by atoms with van der Waals surface area (Å²) in [5.41, 5.74) is 2.68. The van der Waals surface area contributed by atoms with Crippen LogP contribution < -0.4 is 4.90 Å². The first kappa shape index (κ1) is 14.6. The zero-order valence-electron chi connectivity index (χ0n) is 13.1. The third kappa shape index (κ3) is 2.56. The number of hydrogen-bond acceptors (Lipinski definition) is 3. The number of aldehydes is 1. The van der Waals surface area contributed by atoms with E-state index in [1.54, 1.807) is 18.3 Å². The van der Waals surface area contributed by atoms with Crippen LogP contribution in [-0.4, -0.2) is 23.7 Å². The summed E-state index contributed by atoms with van der Waals surface area (Å²) in [6.07, 6.45) is 4.91. The lowest BCUT2D eigenvalue weighted by molar-refractivity contribution is -0.117. The van der Waals surface area contributed by atoms with Crippen molar-refractivity contribution in [3.8, 4) is 0 Å². The molecule has 0 aliphatic carbocycles. The fraction of sp³-hybridized carbons (Fsp3) is 0.150. The van der Waals surface area contributed by atoms with Gasteiger partial charge in [0.1, 0.15) is 6.29 Å². The fourth-order valence-electron chi connectivity index (χ4n) is 3.27. The van der Waals surface area contributed by atoms with E-state index in [0.29, 0.717) is 18.5 Å². The molecule has 2 aromatic carbocycles. The van der Waals surface area contributed by atoms with Gasteiger partial charge in [-0.1, -0.05) is 30.3 Å². The SMILES string of the molecule is O=Cc1ccc(C2CC(=O)N(c3ccc4cnccc4c3)C2)cc1. The summed E-state index contributed by atoms with van der Waals surface area (Å²) >= 11 is 0. The van der Waals surface area contributed by atoms with Crippen LogP contribution in [-0.2, 0) is 4.79 Å². The average Bonchev–Trinajstić information content (AvgIpc) is 3.03. The minimum absolute atomic E-state index is 0.132. The molecule has 1 amide bonds. The number of hydrogen-bond donors (Lipinski definition) is 0. The summed E-state index contributed by atoms with van der Waals surface area (Å²) in [6.45, 7) is 0.663. The van der Waals surface area contributed by atoms with Gasteiger partial charge in [0.05, 0.1) is 0 Å². The maximum absolute atomic E-state index is 12.5. The van der Waals surface area contributed by atoms with Crippen LogP contribution in [0.4, 0.5) is 5.69 Å². The summed E-state index contributed by atoms with van der Waals surface area (Å²) in [7, 11) is 0. The highest BCUT2D eigenvalue weighted by Crippen LogP contribution is 2.33. The smallest absolute Gasteiger partial charge is 0.227 e. The predicted octanol–water partition coefficient (Wildman–Crippen LogP) is 3.57. The third-order valence-corrected chi connectivity index (χ3v) is 4.60. The monoisotopic (exact) mass is 316 g/mol. The highest BCUT2D eigenvalue weighted by atomic mass is 16.2. The second-order valence-corrected chi connectivity index (χ2v) is 6.10. The van der Waals surface area contributed by atoms with Crippen LogP contribution >= 0.6 is 0 Å². The molecule has 4 rings (SSSR count). The molecule has 1 atom stereocenters. The highest BCUT2D eigenvalue weighted by molar-refractivity contribution is 5.98. The van der Waals surface area contributed by atoms with Crippen molar-refractivity contribution in [2.45, 2.75) is 12.3 Å². The number of pyridine rings is 1. The van der Waals surface area contributed by atoms with Gasteiger partial charge in [0, 0.05) is 47.9 Å². The number of rotatable bonds is 3. The van der Waals surface area contributed by atoms with E-state index in [9.17, 15) is 9.59 Å². The molecule has 1 aliphatic heterocycles. The molecule has 118 valence electrons. The van der Waals surface area contributed by atoms with Gasteiger partial charge in [-0.2, -0.15) is 0 Å². The van der Waals surface area contributed by atoms with Gasteiger partial charge in [-0.15, -0.1) is 0 Å². The molecule has 2 heterocycles. The first-order chi connectivity index (χ1) is 11.7. The van der Waals surface area contributed by atoms with Crippen LogP contribution in [0.5, 0.6) is 0 Å². The lowest BCUT2D eigenvalue weighted by Gasteiger charge is -2.17. The Morgan fingerprint density at radius 2 is 1.88 bits per heavy atom. The van der Waals surface area contributed by atoms with Crippen LogP contribution in [0.25, 0.3) is 10.8 Å². The molecule has 0 radical (unpaired) electrons. The number of carbonyl (C=O) groups is 2. The maximum Gasteiger partial charge on any atom is 0.227 e. The molecule has 4 heteroatoms. The Balaban J connectivity index is 1.61. The molecule has 4 nitrogen and oxygen atoms in total. The van der Waals surface area contributed by atoms with E-state index in [-0.39, 0.29) is 11.8 Å². The summed E-state index contributed by atoms with van der Waals surface area (Å²) < 4.78 is 0. The van der Waals surface area contributed by atoms with Crippen LogP contribution in [0.1, 0.15) is 28.3 Å². The standard InChI is InChI=1S/C20H16N2O2/c23-13-14-1-3-15(4-2-14)18-10-20(24)22(12-18)19-6-5-17-11-21-8-7-16(17)9-19/h1-9,11,13,18H,10,12H2. The van der Waals surface area contributed by atoms with Crippen molar-refractivity contribution in [1.82, 2.24) is 4.98 Å². The van der Waals surface area contributed by atoms with E-state index < -0.39 is 0 Å². The van der Waals surface area contributed by atoms with E-state index in [1.165, 1.54) is 0 Å². The number of benzene rings is 2. The Morgan fingerprint density at radius 3 is 2.67 bits per heavy atom. The van der Waals surface area contributed by atoms with Crippen molar-refractivity contribution in [1.29, 1.82) is 0 Å². The average molecular weight is 316 g/mol. The molecule has 1 saturated heterocycles. The number of fused-ring (bicyclic) bond motifs is 1. The van der Waals surface area contributed by atoms with Gasteiger partial charge < -0.3 is 4.90 Å². The van der Waals surface area contributed by atoms with Gasteiger partial charge in [-0.05, 0) is 29.1 Å². The van der Waals surface area contributed by atoms with Gasteiger partial charge in [0.15, 0.2) is 0 Å². The van der Waals surface area contributed by atoms with E-state index >= 15 is 0 Å². The Hall–Kier alpha value is -3.01. The van der Waals surface area contributed by atoms with Crippen molar-refractivity contribution in [3.63, 3.8) is 0 Å². The maximum atomic E-state index is 12.5. The Labute approximate surface area is 139 Å². The second-order valence-electron chi connectivity index (χ2n) is 6.10. The molecule has 1 aromatic heterocycles. The van der Waals surface area contributed by atoms with E-state index in [2.05, 4.69) is 4.98 Å². The highest BCUT2D eigenvalue weighted by Gasteiger charge is 2.31. The summed E-state index contributed by atoms with van der Waals surface area (Å²) in [4.78, 5) is 29.2. The second kappa shape index (κ2) is 5.89. The number of amides is 1. The molecular formula is C20H16N2O2. The number of aromatic nitrogens is 1. The van der Waals surface area contributed by atoms with E-state index in [1.807, 2.05) is 47.5 Å². The van der Waals surface area contributed by atoms with E-state index in [4.69, 9.17) is 0 Å². The summed E-state index contributed by atoms with van der Waals surface area (Å²) in [6, 6.07) is 15.4. The fourth-order valence-corrected chi connectivity index (χ4v) is 3.27. The third-order valence-electron chi connectivity index (χ3n) is 4.60. The van der Waals surface area contributed by atoms with Crippen LogP contribution in [0, 0.1) is 0 Å². The van der Waals surface area contributed by atoms with Crippen molar-refractivity contribution in [3.05, 3.63) is 72.1 Å². The first-order valence-corrected chi connectivity index (χ1v) is 7.94. The summed E-state index contributed by atoms with van der Waals surface area (Å²) in [5.74, 6) is 0.291. The van der Waals surface area contributed by atoms with Gasteiger partial charge in [-0.25, -0.2) is 0 Å². The molecule has 3 aromatic rings. The normalized spacial score (nSPS) is 17.4. The Bertz CT molecular complexity index is 918. The van der Waals surface area contributed by atoms with Crippen molar-refractivity contribution < 1.29 is 9.59 Å². The quantitative estimate of drug-likeness (QED) is 0.694. The van der Waals surface area contributed by atoms with Gasteiger partial charge in [0.2, 0.25) is 5.91 Å². The Morgan fingerprint density at radius 1 is 1.04 bits per heavy atom. The molecule has 1 aliphatic rings. The molecule has 1 unspecified atom stereocenters. The summed E-state index contributed by atoms with van der Waals surface area (Å²) in [5, 5.41) is 2.14. The molecule has 1 fully saturated rings. The lowest BCUT2D eigenvalue weighted by Crippen LogP contribution is -2.24. The number of carbonyl (C=O) groups excluding carboxylic acids is 2. The number of nitrogens with zero attached hydrogens (tertiary/aromatic N) is 2. The largest absolute Gasteiger partial charge is 0.312 e. The van der Waals surface area contributed by atoms with Crippen LogP contribution in [0.3, 0.4) is 0 Å². The minimum atomic E-state index is 0.132. The number of anilines is 1. The van der Waals surface area contributed by atoms with Crippen LogP contribution in [0.2, 0.25) is 0 Å². The van der Waals surface area contributed by atoms with Gasteiger partial charge in [-0.3, -0.25) is 14.6 Å². The topological polar surface area (TPSA) is 50.3 Å². The minimum Gasteiger partial charge on any atom is -0.312 e. The van der Waals surface area contributed by atoms with Crippen molar-refractivity contribution in [2.75, 3.05) is 11.4 Å². The molecule has 0 N–H and O–H groups in total. The molecule has 24 heavy (non-hydrogen) atoms. The van der Waals surface area contributed by atoms with Crippen LogP contribution in [0.15, 0.2) is 60.9 Å². The Kier molecular flexibility index (Phi) is 3.58. The molecule has 0 bridgehead atoms. The van der Waals surface area contributed by atoms with Gasteiger partial charge >= 0.3 is 0 Å². The predicted molar refractivity (Wildman–Crippen MR) is 93.3 cm³/mol. The molecular weight excluding hydrogens is 300 g/mol. The zero-order valence-corrected chi connectivity index (χ0v) is 13.1. The van der Waals surface area contributed by atoms with Crippen molar-refractivity contribution in [2.24, 2.45) is 0 Å². The van der Waals surface area contributed by atoms with Crippen molar-refractivity contribution >= 4 is 28.7 Å². The van der Waals surface area contributed by atoms with E-state index in [0.717, 1.165) is 28.3 Å². The zero-order chi connectivity index (χ0) is 16.5. The molecule has 0 spiro atoms. The first-order valence-electron chi connectivity index (χ1n) is 7.94.